The predicted octanol–water partition coefficient (Wildman–Crippen LogP) is 4.08. The van der Waals surface area contributed by atoms with Gasteiger partial charge in [0, 0.05) is 31.3 Å². The molecule has 0 spiro atoms. The summed E-state index contributed by atoms with van der Waals surface area (Å²) in [4.78, 5) is 38.4. The summed E-state index contributed by atoms with van der Waals surface area (Å²) in [6, 6.07) is 9.55. The second-order valence-corrected chi connectivity index (χ2v) is 8.98. The number of nitrogens with two attached hydrogens (primary N) is 1. The van der Waals surface area contributed by atoms with Crippen molar-refractivity contribution in [3.63, 3.8) is 0 Å². The van der Waals surface area contributed by atoms with E-state index < -0.39 is 5.91 Å². The summed E-state index contributed by atoms with van der Waals surface area (Å²) in [6.07, 6.45) is 4.15. The molecule has 2 aromatic rings. The number of hydrogen-bond donors (Lipinski definition) is 2. The molecule has 0 aromatic heterocycles. The molecule has 1 unspecified atom stereocenters. The third-order valence-electron chi connectivity index (χ3n) is 6.79. The van der Waals surface area contributed by atoms with E-state index in [0.717, 1.165) is 46.3 Å². The third-order valence-corrected chi connectivity index (χ3v) is 6.79. The van der Waals surface area contributed by atoms with Gasteiger partial charge in [0.15, 0.2) is 0 Å². The van der Waals surface area contributed by atoms with E-state index in [-0.39, 0.29) is 17.7 Å². The van der Waals surface area contributed by atoms with Crippen LogP contribution in [0.25, 0.3) is 16.7 Å². The van der Waals surface area contributed by atoms with Gasteiger partial charge in [0.25, 0.3) is 0 Å². The van der Waals surface area contributed by atoms with E-state index in [9.17, 15) is 14.4 Å². The van der Waals surface area contributed by atoms with Crippen LogP contribution in [0.2, 0.25) is 0 Å². The molecule has 0 radical (unpaired) electrons. The summed E-state index contributed by atoms with van der Waals surface area (Å²) < 4.78 is 0. The number of benzene rings is 2. The van der Waals surface area contributed by atoms with Gasteiger partial charge in [0.2, 0.25) is 17.7 Å². The number of primary amides is 1. The Labute approximate surface area is 194 Å². The summed E-state index contributed by atoms with van der Waals surface area (Å²) in [5.41, 5.74) is 14.4. The summed E-state index contributed by atoms with van der Waals surface area (Å²) in [6.45, 7) is 5.50. The van der Waals surface area contributed by atoms with Gasteiger partial charge in [-0.05, 0) is 84.2 Å². The zero-order valence-electron chi connectivity index (χ0n) is 19.3. The maximum Gasteiger partial charge on any atom is 0.249 e. The zero-order valence-corrected chi connectivity index (χ0v) is 19.3. The molecule has 2 aliphatic carbocycles. The lowest BCUT2D eigenvalue weighted by molar-refractivity contribution is -0.133. The largest absolute Gasteiger partial charge is 0.366 e. The molecule has 6 heteroatoms. The quantitative estimate of drug-likeness (QED) is 0.682. The number of fused-ring (bicyclic) bond motifs is 2. The van der Waals surface area contributed by atoms with Crippen molar-refractivity contribution in [3.8, 4) is 11.1 Å². The van der Waals surface area contributed by atoms with Crippen molar-refractivity contribution in [2.24, 2.45) is 11.7 Å². The molecule has 3 amide bonds. The smallest absolute Gasteiger partial charge is 0.249 e. The number of rotatable bonds is 5. The minimum absolute atomic E-state index is 0.0345. The topological polar surface area (TPSA) is 92.5 Å². The van der Waals surface area contributed by atoms with E-state index in [1.165, 1.54) is 17.2 Å². The van der Waals surface area contributed by atoms with Crippen molar-refractivity contribution in [2.45, 2.75) is 32.6 Å². The highest BCUT2D eigenvalue weighted by Crippen LogP contribution is 2.49. The minimum atomic E-state index is -0.442. The summed E-state index contributed by atoms with van der Waals surface area (Å²) in [7, 11) is 3.58. The standard InChI is InChI=1S/C27H29N3O3/c1-5-24(31)29-23-8-6-7-18(15(23)2)20-11-12-21(26(28)32)22-14-17-13-16(27(33)30(3)4)9-10-19(17)25(20)22/h5-8,11-12,16H,1,9-10,13-14H2,2-4H3,(H2,28,32)(H,29,31). The fourth-order valence-corrected chi connectivity index (χ4v) is 5.17. The van der Waals surface area contributed by atoms with Crippen molar-refractivity contribution in [1.82, 2.24) is 4.90 Å². The Morgan fingerprint density at radius 3 is 2.58 bits per heavy atom. The molecule has 2 aliphatic rings. The number of anilines is 1. The summed E-state index contributed by atoms with van der Waals surface area (Å²) in [5.74, 6) is -0.595. The number of allylic oxidation sites excluding steroid dienone is 2. The van der Waals surface area contributed by atoms with Crippen LogP contribution in [0.5, 0.6) is 0 Å². The summed E-state index contributed by atoms with van der Waals surface area (Å²) >= 11 is 0. The van der Waals surface area contributed by atoms with Crippen LogP contribution >= 0.6 is 0 Å². The fraction of sp³-hybridized carbons (Fsp3) is 0.296. The maximum absolute atomic E-state index is 12.6. The predicted molar refractivity (Wildman–Crippen MR) is 131 cm³/mol. The monoisotopic (exact) mass is 443 g/mol. The van der Waals surface area contributed by atoms with Gasteiger partial charge in [-0.2, -0.15) is 0 Å². The Morgan fingerprint density at radius 2 is 1.91 bits per heavy atom. The Morgan fingerprint density at radius 1 is 1.15 bits per heavy atom. The Bertz CT molecular complexity index is 1220. The number of nitrogens with zero attached hydrogens (tertiary/aromatic N) is 1. The molecule has 2 aromatic carbocycles. The molecule has 4 rings (SSSR count). The molecular formula is C27H29N3O3. The van der Waals surface area contributed by atoms with Gasteiger partial charge in [0.1, 0.15) is 0 Å². The Balaban J connectivity index is 1.84. The van der Waals surface area contributed by atoms with Crippen LogP contribution < -0.4 is 11.1 Å². The SMILES string of the molecule is C=CC(=O)Nc1cccc(-c2ccc(C(N)=O)c3c2C2=C(C3)CC(C(=O)N(C)C)CC2)c1C. The molecule has 170 valence electrons. The van der Waals surface area contributed by atoms with Gasteiger partial charge >= 0.3 is 0 Å². The van der Waals surface area contributed by atoms with E-state index in [4.69, 9.17) is 5.73 Å². The molecule has 0 heterocycles. The number of hydrogen-bond acceptors (Lipinski definition) is 3. The van der Waals surface area contributed by atoms with Gasteiger partial charge in [-0.3, -0.25) is 14.4 Å². The first-order valence-electron chi connectivity index (χ1n) is 11.1. The van der Waals surface area contributed by atoms with E-state index in [1.54, 1.807) is 25.1 Å². The second kappa shape index (κ2) is 8.70. The second-order valence-electron chi connectivity index (χ2n) is 8.98. The summed E-state index contributed by atoms with van der Waals surface area (Å²) in [5, 5.41) is 2.87. The first kappa shape index (κ1) is 22.5. The van der Waals surface area contributed by atoms with Crippen molar-refractivity contribution in [3.05, 3.63) is 70.8 Å². The highest BCUT2D eigenvalue weighted by Gasteiger charge is 2.35. The molecule has 0 saturated heterocycles. The minimum Gasteiger partial charge on any atom is -0.366 e. The van der Waals surface area contributed by atoms with Gasteiger partial charge in [0.05, 0.1) is 0 Å². The lowest BCUT2D eigenvalue weighted by atomic mass is 9.81. The molecule has 0 fully saturated rings. The fourth-order valence-electron chi connectivity index (χ4n) is 5.17. The van der Waals surface area contributed by atoms with Crippen LogP contribution in [-0.4, -0.2) is 36.7 Å². The molecule has 3 N–H and O–H groups in total. The van der Waals surface area contributed by atoms with Crippen LogP contribution in [0.4, 0.5) is 5.69 Å². The molecule has 33 heavy (non-hydrogen) atoms. The number of amides is 3. The molecule has 6 nitrogen and oxygen atoms in total. The van der Waals surface area contributed by atoms with Crippen LogP contribution in [0, 0.1) is 12.8 Å². The van der Waals surface area contributed by atoms with Crippen LogP contribution in [-0.2, 0) is 16.0 Å². The lowest BCUT2D eigenvalue weighted by Crippen LogP contribution is -2.31. The van der Waals surface area contributed by atoms with Gasteiger partial charge in [-0.15, -0.1) is 0 Å². The maximum atomic E-state index is 12.6. The van der Waals surface area contributed by atoms with E-state index >= 15 is 0 Å². The molecule has 0 bridgehead atoms. The van der Waals surface area contributed by atoms with Crippen molar-refractivity contribution in [1.29, 1.82) is 0 Å². The normalized spacial score (nSPS) is 16.6. The van der Waals surface area contributed by atoms with Gasteiger partial charge in [-0.1, -0.05) is 30.4 Å². The highest BCUT2D eigenvalue weighted by atomic mass is 16.2. The van der Waals surface area contributed by atoms with E-state index in [1.807, 2.05) is 31.2 Å². The van der Waals surface area contributed by atoms with E-state index in [2.05, 4.69) is 11.9 Å². The highest BCUT2D eigenvalue weighted by molar-refractivity contribution is 6.02. The van der Waals surface area contributed by atoms with Crippen molar-refractivity contribution in [2.75, 3.05) is 19.4 Å². The van der Waals surface area contributed by atoms with Crippen molar-refractivity contribution < 1.29 is 14.4 Å². The number of nitrogens with one attached hydrogen (secondary N) is 1. The number of carbonyl (C=O) groups is 3. The van der Waals surface area contributed by atoms with Crippen molar-refractivity contribution >= 4 is 29.0 Å². The first-order chi connectivity index (χ1) is 15.7. The van der Waals surface area contributed by atoms with Gasteiger partial charge in [-0.25, -0.2) is 0 Å². The van der Waals surface area contributed by atoms with Gasteiger partial charge < -0.3 is 16.0 Å². The number of carbonyl (C=O) groups excluding carboxylic acids is 3. The van der Waals surface area contributed by atoms with Crippen LogP contribution in [0.1, 0.15) is 46.3 Å². The average molecular weight is 444 g/mol. The zero-order chi connectivity index (χ0) is 23.9. The van der Waals surface area contributed by atoms with Crippen LogP contribution in [0.15, 0.2) is 48.6 Å². The average Bonchev–Trinajstić information content (AvgIpc) is 3.17. The third kappa shape index (κ3) is 3.97. The molecule has 1 atom stereocenters. The molecule has 0 aliphatic heterocycles. The van der Waals surface area contributed by atoms with Crippen LogP contribution in [0.3, 0.4) is 0 Å². The Kier molecular flexibility index (Phi) is 5.93. The molecular weight excluding hydrogens is 414 g/mol. The molecule has 0 saturated carbocycles. The lowest BCUT2D eigenvalue weighted by Gasteiger charge is -2.26. The Hall–Kier alpha value is -3.67. The van der Waals surface area contributed by atoms with E-state index in [0.29, 0.717) is 18.4 Å². The first-order valence-corrected chi connectivity index (χ1v) is 11.1.